The van der Waals surface area contributed by atoms with Crippen molar-refractivity contribution in [1.82, 2.24) is 9.97 Å². The molecular weight excluding hydrogens is 382 g/mol. The number of aryl methyl sites for hydroxylation is 2. The average Bonchev–Trinajstić information content (AvgIpc) is 2.79. The van der Waals surface area contributed by atoms with Crippen LogP contribution in [0.5, 0.6) is 0 Å². The third-order valence-electron chi connectivity index (χ3n) is 5.37. The molecule has 0 saturated carbocycles. The second-order valence-corrected chi connectivity index (χ2v) is 7.72. The zero-order valence-corrected chi connectivity index (χ0v) is 17.4. The summed E-state index contributed by atoms with van der Waals surface area (Å²) in [5.41, 5.74) is 6.74. The fraction of sp³-hybridized carbons (Fsp3) is 0.0741. The smallest absolute Gasteiger partial charge is 0.256 e. The summed E-state index contributed by atoms with van der Waals surface area (Å²) in [6.07, 6.45) is 0. The predicted molar refractivity (Wildman–Crippen MR) is 126 cm³/mol. The first-order valence-electron chi connectivity index (χ1n) is 10.2. The minimum atomic E-state index is -0.163. The number of fused-ring (bicyclic) bond motifs is 2. The van der Waals surface area contributed by atoms with Crippen LogP contribution in [0.2, 0.25) is 0 Å². The summed E-state index contributed by atoms with van der Waals surface area (Å²) < 4.78 is 0. The van der Waals surface area contributed by atoms with Crippen LogP contribution in [0.25, 0.3) is 33.1 Å². The number of amides is 1. The van der Waals surface area contributed by atoms with Crippen molar-refractivity contribution in [2.75, 3.05) is 5.32 Å². The van der Waals surface area contributed by atoms with Gasteiger partial charge in [-0.2, -0.15) is 0 Å². The normalized spacial score (nSPS) is 11.0. The zero-order valence-electron chi connectivity index (χ0n) is 17.4. The van der Waals surface area contributed by atoms with Crippen molar-refractivity contribution in [3.05, 3.63) is 102 Å². The van der Waals surface area contributed by atoms with Gasteiger partial charge in [0.25, 0.3) is 5.91 Å². The van der Waals surface area contributed by atoms with Crippen LogP contribution in [0.1, 0.15) is 21.6 Å². The van der Waals surface area contributed by atoms with Crippen molar-refractivity contribution in [3.8, 4) is 11.3 Å². The van der Waals surface area contributed by atoms with Gasteiger partial charge in [-0.25, -0.2) is 4.98 Å². The summed E-state index contributed by atoms with van der Waals surface area (Å²) in [6.45, 7) is 3.97. The van der Waals surface area contributed by atoms with Crippen LogP contribution < -0.4 is 5.32 Å². The van der Waals surface area contributed by atoms with E-state index in [9.17, 15) is 4.79 Å². The van der Waals surface area contributed by atoms with Crippen molar-refractivity contribution in [1.29, 1.82) is 0 Å². The number of hydrogen-bond acceptors (Lipinski definition) is 3. The molecule has 0 radical (unpaired) electrons. The Morgan fingerprint density at radius 1 is 0.742 bits per heavy atom. The molecule has 0 spiro atoms. The molecule has 0 aliphatic rings. The van der Waals surface area contributed by atoms with Gasteiger partial charge in [-0.05, 0) is 44.2 Å². The van der Waals surface area contributed by atoms with E-state index in [2.05, 4.69) is 16.4 Å². The minimum Gasteiger partial charge on any atom is -0.321 e. The number of hydrogen-bond donors (Lipinski definition) is 1. The van der Waals surface area contributed by atoms with Gasteiger partial charge in [-0.15, -0.1) is 0 Å². The standard InChI is InChI=1S/C27H21N3O/c1-17-12-13-24-22(14-17)26(15-18(2)28-24)30-27(31)21-16-25(19-8-4-3-5-9-19)29-23-11-7-6-10-20(21)23/h3-16H,1-2H3,(H,28,30,31). The molecule has 1 amide bonds. The lowest BCUT2D eigenvalue weighted by Gasteiger charge is -2.13. The Morgan fingerprint density at radius 3 is 2.32 bits per heavy atom. The largest absolute Gasteiger partial charge is 0.321 e. The Morgan fingerprint density at radius 2 is 1.48 bits per heavy atom. The quantitative estimate of drug-likeness (QED) is 0.383. The molecule has 0 fully saturated rings. The second-order valence-electron chi connectivity index (χ2n) is 7.72. The summed E-state index contributed by atoms with van der Waals surface area (Å²) in [7, 11) is 0. The van der Waals surface area contributed by atoms with Crippen LogP contribution in [0.15, 0.2) is 84.9 Å². The first kappa shape index (κ1) is 18.9. The van der Waals surface area contributed by atoms with Gasteiger partial charge in [-0.1, -0.05) is 60.2 Å². The van der Waals surface area contributed by atoms with Crippen LogP contribution in [0.3, 0.4) is 0 Å². The van der Waals surface area contributed by atoms with Crippen molar-refractivity contribution in [3.63, 3.8) is 0 Å². The summed E-state index contributed by atoms with van der Waals surface area (Å²) in [5, 5.41) is 4.89. The molecule has 3 aromatic carbocycles. The Hall–Kier alpha value is -4.05. The number of nitrogens with zero attached hydrogens (tertiary/aromatic N) is 2. The van der Waals surface area contributed by atoms with Crippen LogP contribution in [0.4, 0.5) is 5.69 Å². The van der Waals surface area contributed by atoms with E-state index in [4.69, 9.17) is 4.98 Å². The Labute approximate surface area is 180 Å². The number of pyridine rings is 2. The highest BCUT2D eigenvalue weighted by Gasteiger charge is 2.16. The molecule has 2 heterocycles. The van der Waals surface area contributed by atoms with Crippen LogP contribution in [0, 0.1) is 13.8 Å². The summed E-state index contributed by atoms with van der Waals surface area (Å²) in [5.74, 6) is -0.163. The number of benzene rings is 3. The SMILES string of the molecule is Cc1ccc2nc(C)cc(NC(=O)c3cc(-c4ccccc4)nc4ccccc34)c2c1. The molecule has 0 atom stereocenters. The maximum Gasteiger partial charge on any atom is 0.256 e. The first-order valence-corrected chi connectivity index (χ1v) is 10.2. The van der Waals surface area contributed by atoms with E-state index in [1.54, 1.807) is 0 Å². The maximum atomic E-state index is 13.5. The van der Waals surface area contributed by atoms with Gasteiger partial charge in [0.1, 0.15) is 0 Å². The fourth-order valence-corrected chi connectivity index (χ4v) is 3.89. The highest BCUT2D eigenvalue weighted by molar-refractivity contribution is 6.15. The van der Waals surface area contributed by atoms with Gasteiger partial charge in [0.2, 0.25) is 0 Å². The van der Waals surface area contributed by atoms with Gasteiger partial charge in [0.05, 0.1) is 28.0 Å². The molecule has 0 aliphatic heterocycles. The Balaban J connectivity index is 1.64. The lowest BCUT2D eigenvalue weighted by Crippen LogP contribution is -2.14. The van der Waals surface area contributed by atoms with E-state index >= 15 is 0 Å². The Bertz CT molecular complexity index is 1440. The van der Waals surface area contributed by atoms with Crippen LogP contribution >= 0.6 is 0 Å². The number of aromatic nitrogens is 2. The molecule has 0 aliphatic carbocycles. The van der Waals surface area contributed by atoms with Gasteiger partial charge >= 0.3 is 0 Å². The average molecular weight is 403 g/mol. The number of carbonyl (C=O) groups is 1. The number of carbonyl (C=O) groups excluding carboxylic acids is 1. The number of para-hydroxylation sites is 1. The van der Waals surface area contributed by atoms with E-state index < -0.39 is 0 Å². The predicted octanol–water partition coefficient (Wildman–Crippen LogP) is 6.32. The molecule has 0 bridgehead atoms. The number of anilines is 1. The van der Waals surface area contributed by atoms with Gasteiger partial charge < -0.3 is 5.32 Å². The minimum absolute atomic E-state index is 0.163. The van der Waals surface area contributed by atoms with E-state index in [1.165, 1.54) is 0 Å². The summed E-state index contributed by atoms with van der Waals surface area (Å²) in [4.78, 5) is 22.9. The molecule has 0 saturated heterocycles. The highest BCUT2D eigenvalue weighted by atomic mass is 16.1. The molecule has 1 N–H and O–H groups in total. The van der Waals surface area contributed by atoms with Crippen molar-refractivity contribution < 1.29 is 4.79 Å². The molecular formula is C27H21N3O. The maximum absolute atomic E-state index is 13.5. The lowest BCUT2D eigenvalue weighted by molar-refractivity contribution is 0.102. The van der Waals surface area contributed by atoms with E-state index in [1.807, 2.05) is 92.7 Å². The summed E-state index contributed by atoms with van der Waals surface area (Å²) in [6, 6.07) is 27.5. The highest BCUT2D eigenvalue weighted by Crippen LogP contribution is 2.28. The lowest BCUT2D eigenvalue weighted by atomic mass is 10.0. The first-order chi connectivity index (χ1) is 15.1. The van der Waals surface area contributed by atoms with Crippen LogP contribution in [-0.4, -0.2) is 15.9 Å². The van der Waals surface area contributed by atoms with Gasteiger partial charge in [0.15, 0.2) is 0 Å². The van der Waals surface area contributed by atoms with Gasteiger partial charge in [-0.3, -0.25) is 9.78 Å². The second kappa shape index (κ2) is 7.65. The topological polar surface area (TPSA) is 54.9 Å². The number of rotatable bonds is 3. The van der Waals surface area contributed by atoms with Crippen LogP contribution in [-0.2, 0) is 0 Å². The molecule has 2 aromatic heterocycles. The van der Waals surface area contributed by atoms with E-state index in [-0.39, 0.29) is 5.91 Å². The van der Waals surface area contributed by atoms with Gasteiger partial charge in [0, 0.05) is 22.0 Å². The van der Waals surface area contributed by atoms with E-state index in [0.717, 1.165) is 50.0 Å². The monoisotopic (exact) mass is 403 g/mol. The third kappa shape index (κ3) is 3.64. The van der Waals surface area contributed by atoms with Crippen molar-refractivity contribution >= 4 is 33.4 Å². The fourth-order valence-electron chi connectivity index (χ4n) is 3.89. The van der Waals surface area contributed by atoms with Crippen molar-refractivity contribution in [2.45, 2.75) is 13.8 Å². The molecule has 5 rings (SSSR count). The molecule has 0 unspecified atom stereocenters. The molecule has 150 valence electrons. The van der Waals surface area contributed by atoms with Crippen molar-refractivity contribution in [2.24, 2.45) is 0 Å². The molecule has 4 nitrogen and oxygen atoms in total. The summed E-state index contributed by atoms with van der Waals surface area (Å²) >= 11 is 0. The third-order valence-corrected chi connectivity index (χ3v) is 5.37. The Kier molecular flexibility index (Phi) is 4.68. The molecule has 5 aromatic rings. The molecule has 31 heavy (non-hydrogen) atoms. The van der Waals surface area contributed by atoms with E-state index in [0.29, 0.717) is 5.56 Å². The number of nitrogens with one attached hydrogen (secondary N) is 1. The molecule has 4 heteroatoms. The zero-order chi connectivity index (χ0) is 21.4.